The van der Waals surface area contributed by atoms with Crippen molar-refractivity contribution in [3.8, 4) is 0 Å². The lowest BCUT2D eigenvalue weighted by Gasteiger charge is -2.15. The van der Waals surface area contributed by atoms with Gasteiger partial charge in [0.15, 0.2) is 0 Å². The van der Waals surface area contributed by atoms with Gasteiger partial charge in [-0.15, -0.1) is 0 Å². The number of halogens is 1. The molecular formula is C14H20BrN3O2S. The van der Waals surface area contributed by atoms with E-state index in [-0.39, 0.29) is 10.6 Å². The minimum atomic E-state index is -3.55. The molecule has 21 heavy (non-hydrogen) atoms. The van der Waals surface area contributed by atoms with Gasteiger partial charge >= 0.3 is 0 Å². The van der Waals surface area contributed by atoms with Crippen molar-refractivity contribution in [2.45, 2.75) is 30.2 Å². The van der Waals surface area contributed by atoms with E-state index in [4.69, 9.17) is 5.73 Å². The van der Waals surface area contributed by atoms with Crippen molar-refractivity contribution in [2.24, 2.45) is 5.92 Å². The van der Waals surface area contributed by atoms with Crippen molar-refractivity contribution in [1.29, 1.82) is 0 Å². The summed E-state index contributed by atoms with van der Waals surface area (Å²) in [5, 5.41) is 0. The summed E-state index contributed by atoms with van der Waals surface area (Å²) in [7, 11) is -3.55. The third-order valence-electron chi connectivity index (χ3n) is 4.21. The zero-order valence-electron chi connectivity index (χ0n) is 11.8. The topological polar surface area (TPSA) is 75.4 Å². The first-order valence-corrected chi connectivity index (χ1v) is 9.52. The number of hydrogen-bond donors (Lipinski definition) is 2. The first-order chi connectivity index (χ1) is 9.95. The van der Waals surface area contributed by atoms with Crippen LogP contribution in [-0.2, 0) is 10.0 Å². The van der Waals surface area contributed by atoms with Gasteiger partial charge in [0.05, 0.1) is 5.69 Å². The molecule has 0 radical (unpaired) electrons. The summed E-state index contributed by atoms with van der Waals surface area (Å²) < 4.78 is 28.1. The highest BCUT2D eigenvalue weighted by atomic mass is 79.9. The first-order valence-electron chi connectivity index (χ1n) is 7.24. The maximum atomic E-state index is 12.4. The first kappa shape index (κ1) is 15.3. The molecule has 0 amide bonds. The van der Waals surface area contributed by atoms with E-state index in [1.165, 1.54) is 12.8 Å². The van der Waals surface area contributed by atoms with E-state index in [1.807, 2.05) is 0 Å². The lowest BCUT2D eigenvalue weighted by Crippen LogP contribution is -2.32. The molecular weight excluding hydrogens is 354 g/mol. The zero-order valence-corrected chi connectivity index (χ0v) is 14.2. The number of nitrogens with one attached hydrogen (secondary N) is 1. The number of rotatable bonds is 5. The Hall–Kier alpha value is -0.630. The van der Waals surface area contributed by atoms with E-state index in [0.29, 0.717) is 16.9 Å². The highest BCUT2D eigenvalue weighted by Crippen LogP contribution is 2.31. The zero-order chi connectivity index (χ0) is 15.0. The van der Waals surface area contributed by atoms with Crippen LogP contribution in [0.1, 0.15) is 19.3 Å². The van der Waals surface area contributed by atoms with Gasteiger partial charge in [-0.05, 0) is 49.9 Å². The van der Waals surface area contributed by atoms with E-state index in [0.717, 1.165) is 25.6 Å². The van der Waals surface area contributed by atoms with Crippen molar-refractivity contribution in [3.63, 3.8) is 0 Å². The van der Waals surface area contributed by atoms with Crippen LogP contribution in [0.25, 0.3) is 0 Å². The number of likely N-dealkylation sites (tertiary alicyclic amines) is 1. The van der Waals surface area contributed by atoms with E-state index in [1.54, 1.807) is 18.2 Å². The summed E-state index contributed by atoms with van der Waals surface area (Å²) in [5.41, 5.74) is 6.06. The van der Waals surface area contributed by atoms with Crippen molar-refractivity contribution in [2.75, 3.05) is 25.4 Å². The van der Waals surface area contributed by atoms with Gasteiger partial charge in [0.1, 0.15) is 4.90 Å². The molecule has 116 valence electrons. The fourth-order valence-corrected chi connectivity index (χ4v) is 4.63. The Morgan fingerprint density at radius 3 is 2.81 bits per heavy atom. The molecule has 1 aliphatic carbocycles. The van der Waals surface area contributed by atoms with Crippen LogP contribution in [0.15, 0.2) is 27.6 Å². The normalized spacial score (nSPS) is 23.6. The standard InChI is InChI=1S/C14H20BrN3O2S/c15-11-1-4-13(16)14(7-11)21(19,20)17-8-10-5-6-18(9-10)12-2-3-12/h1,4,7,10,12,17H,2-3,5-6,8-9,16H2. The average Bonchev–Trinajstić information content (AvgIpc) is 3.18. The van der Waals surface area contributed by atoms with Gasteiger partial charge in [-0.25, -0.2) is 13.1 Å². The summed E-state index contributed by atoms with van der Waals surface area (Å²) in [6.45, 7) is 2.58. The molecule has 1 heterocycles. The SMILES string of the molecule is Nc1ccc(Br)cc1S(=O)(=O)NCC1CCN(C2CC2)C1. The minimum Gasteiger partial charge on any atom is -0.398 e. The van der Waals surface area contributed by atoms with Crippen LogP contribution in [0.5, 0.6) is 0 Å². The molecule has 0 bridgehead atoms. The van der Waals surface area contributed by atoms with Crippen LogP contribution >= 0.6 is 15.9 Å². The molecule has 1 atom stereocenters. The maximum absolute atomic E-state index is 12.4. The third kappa shape index (κ3) is 3.59. The Labute approximate surface area is 134 Å². The van der Waals surface area contributed by atoms with Gasteiger partial charge in [-0.3, -0.25) is 0 Å². The molecule has 2 aliphatic rings. The second-order valence-corrected chi connectivity index (χ2v) is 8.57. The number of sulfonamides is 1. The van der Waals surface area contributed by atoms with Crippen LogP contribution in [-0.4, -0.2) is 39.0 Å². The Morgan fingerprint density at radius 2 is 2.10 bits per heavy atom. The molecule has 1 unspecified atom stereocenters. The van der Waals surface area contributed by atoms with Crippen molar-refractivity contribution >= 4 is 31.6 Å². The molecule has 0 spiro atoms. The van der Waals surface area contributed by atoms with Crippen LogP contribution in [0.4, 0.5) is 5.69 Å². The summed E-state index contributed by atoms with van der Waals surface area (Å²) in [6, 6.07) is 5.64. The smallest absolute Gasteiger partial charge is 0.242 e. The highest BCUT2D eigenvalue weighted by Gasteiger charge is 2.34. The molecule has 1 aromatic carbocycles. The predicted molar refractivity (Wildman–Crippen MR) is 86.4 cm³/mol. The van der Waals surface area contributed by atoms with Crippen LogP contribution in [0, 0.1) is 5.92 Å². The second-order valence-electron chi connectivity index (χ2n) is 5.91. The van der Waals surface area contributed by atoms with Crippen molar-refractivity contribution in [3.05, 3.63) is 22.7 Å². The lowest BCUT2D eigenvalue weighted by atomic mass is 10.1. The van der Waals surface area contributed by atoms with Gasteiger partial charge < -0.3 is 10.6 Å². The van der Waals surface area contributed by atoms with Crippen molar-refractivity contribution < 1.29 is 8.42 Å². The number of benzene rings is 1. The Kier molecular flexibility index (Phi) is 4.27. The molecule has 1 saturated carbocycles. The van der Waals surface area contributed by atoms with Crippen LogP contribution in [0.2, 0.25) is 0 Å². The number of nitrogens with two attached hydrogens (primary N) is 1. The number of anilines is 1. The Balaban J connectivity index is 1.62. The summed E-state index contributed by atoms with van der Waals surface area (Å²) >= 11 is 3.28. The third-order valence-corrected chi connectivity index (χ3v) is 6.18. The molecule has 2 fully saturated rings. The predicted octanol–water partition coefficient (Wildman–Crippen LogP) is 1.79. The quantitative estimate of drug-likeness (QED) is 0.771. The van der Waals surface area contributed by atoms with Gasteiger partial charge in [0.2, 0.25) is 10.0 Å². The maximum Gasteiger partial charge on any atom is 0.242 e. The Morgan fingerprint density at radius 1 is 1.33 bits per heavy atom. The molecule has 0 aromatic heterocycles. The van der Waals surface area contributed by atoms with E-state index in [9.17, 15) is 8.42 Å². The molecule has 5 nitrogen and oxygen atoms in total. The fraction of sp³-hybridized carbons (Fsp3) is 0.571. The van der Waals surface area contributed by atoms with Gasteiger partial charge in [-0.2, -0.15) is 0 Å². The average molecular weight is 374 g/mol. The number of nitrogens with zero attached hydrogens (tertiary/aromatic N) is 1. The van der Waals surface area contributed by atoms with Gasteiger partial charge in [0.25, 0.3) is 0 Å². The fourth-order valence-electron chi connectivity index (χ4n) is 2.85. The summed E-state index contributed by atoms with van der Waals surface area (Å²) in [5.74, 6) is 0.397. The minimum absolute atomic E-state index is 0.147. The highest BCUT2D eigenvalue weighted by molar-refractivity contribution is 9.10. The van der Waals surface area contributed by atoms with E-state index in [2.05, 4.69) is 25.6 Å². The molecule has 3 N–H and O–H groups in total. The monoisotopic (exact) mass is 373 g/mol. The molecule has 1 saturated heterocycles. The van der Waals surface area contributed by atoms with Crippen LogP contribution in [0.3, 0.4) is 0 Å². The molecule has 3 rings (SSSR count). The van der Waals surface area contributed by atoms with Gasteiger partial charge in [-0.1, -0.05) is 15.9 Å². The van der Waals surface area contributed by atoms with E-state index >= 15 is 0 Å². The lowest BCUT2D eigenvalue weighted by molar-refractivity contribution is 0.314. The Bertz CT molecular complexity index is 631. The number of hydrogen-bond acceptors (Lipinski definition) is 4. The van der Waals surface area contributed by atoms with E-state index < -0.39 is 10.0 Å². The molecule has 1 aromatic rings. The second kappa shape index (κ2) is 5.87. The summed E-state index contributed by atoms with van der Waals surface area (Å²) in [6.07, 6.45) is 3.66. The molecule has 7 heteroatoms. The van der Waals surface area contributed by atoms with Crippen LogP contribution < -0.4 is 10.5 Å². The summed E-state index contributed by atoms with van der Waals surface area (Å²) in [4.78, 5) is 2.63. The van der Waals surface area contributed by atoms with Gasteiger partial charge in [0, 0.05) is 23.6 Å². The largest absolute Gasteiger partial charge is 0.398 e. The van der Waals surface area contributed by atoms with Crippen molar-refractivity contribution in [1.82, 2.24) is 9.62 Å². The number of nitrogen functional groups attached to an aromatic ring is 1. The molecule has 1 aliphatic heterocycles.